The van der Waals surface area contributed by atoms with Crippen LogP contribution >= 0.6 is 11.8 Å². The van der Waals surface area contributed by atoms with E-state index < -0.39 is 0 Å². The second-order valence-corrected chi connectivity index (χ2v) is 7.22. The number of rotatable bonds is 6. The Kier molecular flexibility index (Phi) is 6.34. The third-order valence-corrected chi connectivity index (χ3v) is 5.31. The molecule has 0 unspecified atom stereocenters. The number of amides is 2. The van der Waals surface area contributed by atoms with Gasteiger partial charge in [-0.2, -0.15) is 0 Å². The van der Waals surface area contributed by atoms with Crippen LogP contribution in [0.4, 0.5) is 4.39 Å². The maximum atomic E-state index is 13.5. The molecule has 142 valence electrons. The number of nitrogens with one attached hydrogen (secondary N) is 2. The number of ether oxygens (including phenoxy) is 1. The molecule has 27 heavy (non-hydrogen) atoms. The molecule has 2 amide bonds. The summed E-state index contributed by atoms with van der Waals surface area (Å²) < 4.78 is 18.9. The van der Waals surface area contributed by atoms with Gasteiger partial charge in [0.1, 0.15) is 11.6 Å². The standard InChI is InChI=1S/C20H21FN2O3S/c1-2-26-15-6-3-13(4-7-15)20(25)22-12-19(24)23-17-9-10-27-18-8-5-14(21)11-16(17)18/h3-8,11,17H,2,9-10,12H2,1H3,(H,22,25)(H,23,24)/t17-/m0/s1. The monoisotopic (exact) mass is 388 g/mol. The van der Waals surface area contributed by atoms with Crippen LogP contribution in [0, 0.1) is 5.82 Å². The van der Waals surface area contributed by atoms with E-state index in [2.05, 4.69) is 10.6 Å². The Morgan fingerprint density at radius 1 is 1.22 bits per heavy atom. The number of carbonyl (C=O) groups excluding carboxylic acids is 2. The molecule has 3 rings (SSSR count). The lowest BCUT2D eigenvalue weighted by atomic mass is 10.0. The van der Waals surface area contributed by atoms with Gasteiger partial charge in [-0.05, 0) is 61.4 Å². The predicted molar refractivity (Wildman–Crippen MR) is 103 cm³/mol. The highest BCUT2D eigenvalue weighted by atomic mass is 32.2. The van der Waals surface area contributed by atoms with Gasteiger partial charge in [-0.15, -0.1) is 11.8 Å². The zero-order valence-corrected chi connectivity index (χ0v) is 15.8. The second-order valence-electron chi connectivity index (χ2n) is 6.08. The zero-order chi connectivity index (χ0) is 19.2. The number of halogens is 1. The van der Waals surface area contributed by atoms with Crippen molar-refractivity contribution < 1.29 is 18.7 Å². The van der Waals surface area contributed by atoms with E-state index in [4.69, 9.17) is 4.74 Å². The fourth-order valence-electron chi connectivity index (χ4n) is 2.89. The smallest absolute Gasteiger partial charge is 0.251 e. The van der Waals surface area contributed by atoms with Gasteiger partial charge in [0.15, 0.2) is 0 Å². The lowest BCUT2D eigenvalue weighted by Crippen LogP contribution is -2.39. The molecule has 5 nitrogen and oxygen atoms in total. The molecule has 0 spiro atoms. The maximum absolute atomic E-state index is 13.5. The molecule has 7 heteroatoms. The van der Waals surface area contributed by atoms with E-state index in [1.165, 1.54) is 12.1 Å². The van der Waals surface area contributed by atoms with Gasteiger partial charge < -0.3 is 15.4 Å². The van der Waals surface area contributed by atoms with Crippen LogP contribution in [0.3, 0.4) is 0 Å². The van der Waals surface area contributed by atoms with Crippen LogP contribution < -0.4 is 15.4 Å². The van der Waals surface area contributed by atoms with E-state index in [0.29, 0.717) is 17.9 Å². The number of benzene rings is 2. The summed E-state index contributed by atoms with van der Waals surface area (Å²) in [6.07, 6.45) is 0.722. The third kappa shape index (κ3) is 5.01. The Morgan fingerprint density at radius 3 is 2.74 bits per heavy atom. The molecule has 0 saturated carbocycles. The van der Waals surface area contributed by atoms with Crippen molar-refractivity contribution in [3.8, 4) is 5.75 Å². The highest BCUT2D eigenvalue weighted by molar-refractivity contribution is 7.99. The third-order valence-electron chi connectivity index (χ3n) is 4.18. The minimum Gasteiger partial charge on any atom is -0.494 e. The minimum atomic E-state index is -0.334. The SMILES string of the molecule is CCOc1ccc(C(=O)NCC(=O)N[C@H]2CCSc3ccc(F)cc32)cc1. The van der Waals surface area contributed by atoms with Crippen molar-refractivity contribution in [1.29, 1.82) is 0 Å². The normalized spacial score (nSPS) is 15.6. The molecule has 1 aliphatic rings. The van der Waals surface area contributed by atoms with Crippen LogP contribution in [0.5, 0.6) is 5.75 Å². The van der Waals surface area contributed by atoms with E-state index in [9.17, 15) is 14.0 Å². The van der Waals surface area contributed by atoms with Gasteiger partial charge in [0, 0.05) is 16.2 Å². The number of hydrogen-bond donors (Lipinski definition) is 2. The molecule has 0 aromatic heterocycles. The highest BCUT2D eigenvalue weighted by Gasteiger charge is 2.23. The fourth-order valence-corrected chi connectivity index (χ4v) is 4.00. The van der Waals surface area contributed by atoms with Crippen LogP contribution in [-0.4, -0.2) is 30.7 Å². The molecule has 2 N–H and O–H groups in total. The molecule has 2 aromatic rings. The largest absolute Gasteiger partial charge is 0.494 e. The maximum Gasteiger partial charge on any atom is 0.251 e. The number of thioether (sulfide) groups is 1. The molecule has 0 aliphatic carbocycles. The quantitative estimate of drug-likeness (QED) is 0.797. The van der Waals surface area contributed by atoms with Crippen molar-refractivity contribution in [3.63, 3.8) is 0 Å². The molecule has 0 saturated heterocycles. The summed E-state index contributed by atoms with van der Waals surface area (Å²) in [5.41, 5.74) is 1.24. The van der Waals surface area contributed by atoms with E-state index in [0.717, 1.165) is 22.6 Å². The lowest BCUT2D eigenvalue weighted by Gasteiger charge is -2.26. The van der Waals surface area contributed by atoms with E-state index >= 15 is 0 Å². The summed E-state index contributed by atoms with van der Waals surface area (Å²) in [5, 5.41) is 5.49. The summed E-state index contributed by atoms with van der Waals surface area (Å²) in [6.45, 7) is 2.30. The minimum absolute atomic E-state index is 0.139. The molecular weight excluding hydrogens is 367 g/mol. The van der Waals surface area contributed by atoms with Gasteiger partial charge in [-0.3, -0.25) is 9.59 Å². The summed E-state index contributed by atoms with van der Waals surface area (Å²) in [5.74, 6) is 0.578. The average molecular weight is 388 g/mol. The summed E-state index contributed by atoms with van der Waals surface area (Å²) in [4.78, 5) is 25.4. The van der Waals surface area contributed by atoms with Crippen molar-refractivity contribution in [3.05, 3.63) is 59.4 Å². The molecule has 2 aromatic carbocycles. The van der Waals surface area contributed by atoms with Gasteiger partial charge >= 0.3 is 0 Å². The van der Waals surface area contributed by atoms with Gasteiger partial charge in [0.05, 0.1) is 19.2 Å². The van der Waals surface area contributed by atoms with Crippen LogP contribution in [0.25, 0.3) is 0 Å². The Bertz CT molecular complexity index is 826. The van der Waals surface area contributed by atoms with Crippen molar-refractivity contribution in [2.24, 2.45) is 0 Å². The van der Waals surface area contributed by atoms with Crippen molar-refractivity contribution >= 4 is 23.6 Å². The lowest BCUT2D eigenvalue weighted by molar-refractivity contribution is -0.120. The van der Waals surface area contributed by atoms with Crippen LogP contribution in [-0.2, 0) is 4.79 Å². The number of fused-ring (bicyclic) bond motifs is 1. The molecule has 0 fully saturated rings. The predicted octanol–water partition coefficient (Wildman–Crippen LogP) is 3.31. The Hall–Kier alpha value is -2.54. The topological polar surface area (TPSA) is 67.4 Å². The first-order chi connectivity index (χ1) is 13.1. The van der Waals surface area contributed by atoms with Gasteiger partial charge in [-0.1, -0.05) is 0 Å². The first-order valence-electron chi connectivity index (χ1n) is 8.79. The fraction of sp³-hybridized carbons (Fsp3) is 0.300. The van der Waals surface area contributed by atoms with Crippen LogP contribution in [0.15, 0.2) is 47.4 Å². The number of hydrogen-bond acceptors (Lipinski definition) is 4. The van der Waals surface area contributed by atoms with Gasteiger partial charge in [-0.25, -0.2) is 4.39 Å². The molecule has 1 heterocycles. The first kappa shape index (κ1) is 19.2. The van der Waals surface area contributed by atoms with Gasteiger partial charge in [0.25, 0.3) is 5.91 Å². The van der Waals surface area contributed by atoms with Crippen LogP contribution in [0.1, 0.15) is 35.3 Å². The van der Waals surface area contributed by atoms with E-state index in [1.54, 1.807) is 42.1 Å². The summed E-state index contributed by atoms with van der Waals surface area (Å²) in [6, 6.07) is 11.1. The van der Waals surface area contributed by atoms with Crippen LogP contribution in [0.2, 0.25) is 0 Å². The Balaban J connectivity index is 1.54. The molecule has 1 aliphatic heterocycles. The zero-order valence-electron chi connectivity index (χ0n) is 15.0. The van der Waals surface area contributed by atoms with Crippen molar-refractivity contribution in [1.82, 2.24) is 10.6 Å². The molecule has 0 bridgehead atoms. The van der Waals surface area contributed by atoms with E-state index in [1.807, 2.05) is 6.92 Å². The summed E-state index contributed by atoms with van der Waals surface area (Å²) in [7, 11) is 0. The molecular formula is C20H21FN2O3S. The Morgan fingerprint density at radius 2 is 2.00 bits per heavy atom. The van der Waals surface area contributed by atoms with E-state index in [-0.39, 0.29) is 30.2 Å². The van der Waals surface area contributed by atoms with Crippen molar-refractivity contribution in [2.45, 2.75) is 24.3 Å². The summed E-state index contributed by atoms with van der Waals surface area (Å²) >= 11 is 1.65. The highest BCUT2D eigenvalue weighted by Crippen LogP contribution is 2.36. The first-order valence-corrected chi connectivity index (χ1v) is 9.78. The number of carbonyl (C=O) groups is 2. The molecule has 1 atom stereocenters. The van der Waals surface area contributed by atoms with Gasteiger partial charge in [0.2, 0.25) is 5.91 Å². The van der Waals surface area contributed by atoms with Crippen molar-refractivity contribution in [2.75, 3.05) is 18.9 Å². The second kappa shape index (κ2) is 8.90. The Labute approximate surface area is 161 Å². The molecule has 0 radical (unpaired) electrons. The average Bonchev–Trinajstić information content (AvgIpc) is 2.67.